The molecule has 0 spiro atoms. The van der Waals surface area contributed by atoms with Gasteiger partial charge < -0.3 is 20.1 Å². The van der Waals surface area contributed by atoms with Crippen molar-refractivity contribution in [2.45, 2.75) is 13.8 Å². The van der Waals surface area contributed by atoms with E-state index in [-0.39, 0.29) is 6.54 Å². The van der Waals surface area contributed by atoms with E-state index in [4.69, 9.17) is 9.47 Å². The van der Waals surface area contributed by atoms with Gasteiger partial charge in [0.2, 0.25) is 0 Å². The first kappa shape index (κ1) is 16.6. The molecule has 2 N–H and O–H groups in total. The molecule has 6 nitrogen and oxygen atoms in total. The maximum Gasteiger partial charge on any atom is 0.313 e. The average Bonchev–Trinajstić information content (AvgIpc) is 2.47. The number of anilines is 1. The zero-order chi connectivity index (χ0) is 15.7. The van der Waals surface area contributed by atoms with Crippen LogP contribution >= 0.6 is 0 Å². The molecule has 0 aliphatic rings. The van der Waals surface area contributed by atoms with Crippen LogP contribution in [0.1, 0.15) is 13.8 Å². The van der Waals surface area contributed by atoms with Crippen molar-refractivity contribution < 1.29 is 19.1 Å². The van der Waals surface area contributed by atoms with Crippen molar-refractivity contribution in [3.05, 3.63) is 30.9 Å². The van der Waals surface area contributed by atoms with Crippen molar-refractivity contribution in [3.63, 3.8) is 0 Å². The molecule has 6 heteroatoms. The number of ether oxygens (including phenoxy) is 2. The maximum absolute atomic E-state index is 11.7. The van der Waals surface area contributed by atoms with Gasteiger partial charge in [-0.1, -0.05) is 6.08 Å². The summed E-state index contributed by atoms with van der Waals surface area (Å²) in [5, 5.41) is 4.90. The highest BCUT2D eigenvalue weighted by molar-refractivity contribution is 6.39. The summed E-state index contributed by atoms with van der Waals surface area (Å²) in [6.07, 6.45) is 1.50. The molecule has 0 aromatic heterocycles. The molecular weight excluding hydrogens is 272 g/mol. The van der Waals surface area contributed by atoms with Crippen LogP contribution in [0, 0.1) is 0 Å². The molecule has 0 saturated carbocycles. The summed E-state index contributed by atoms with van der Waals surface area (Å²) in [5.74, 6) is -0.359. The number of carbonyl (C=O) groups excluding carboxylic acids is 2. The summed E-state index contributed by atoms with van der Waals surface area (Å²) in [4.78, 5) is 23.1. The number of hydrogen-bond donors (Lipinski definition) is 2. The predicted molar refractivity (Wildman–Crippen MR) is 80.6 cm³/mol. The largest absolute Gasteiger partial charge is 0.490 e. The first-order valence-electron chi connectivity index (χ1n) is 6.72. The summed E-state index contributed by atoms with van der Waals surface area (Å²) in [5.41, 5.74) is 0.459. The van der Waals surface area contributed by atoms with Gasteiger partial charge in [-0.2, -0.15) is 0 Å². The Balaban J connectivity index is 2.79. The van der Waals surface area contributed by atoms with Crippen LogP contribution in [0.15, 0.2) is 30.9 Å². The Labute approximate surface area is 124 Å². The molecule has 0 bridgehead atoms. The van der Waals surface area contributed by atoms with Crippen molar-refractivity contribution in [2.75, 3.05) is 25.1 Å². The summed E-state index contributed by atoms with van der Waals surface area (Å²) >= 11 is 0. The van der Waals surface area contributed by atoms with Crippen molar-refractivity contribution in [1.82, 2.24) is 5.32 Å². The summed E-state index contributed by atoms with van der Waals surface area (Å²) in [7, 11) is 0. The van der Waals surface area contributed by atoms with Gasteiger partial charge in [0.15, 0.2) is 11.5 Å². The minimum Gasteiger partial charge on any atom is -0.490 e. The van der Waals surface area contributed by atoms with E-state index in [0.717, 1.165) is 0 Å². The molecule has 1 aromatic carbocycles. The lowest BCUT2D eigenvalue weighted by Gasteiger charge is -2.12. The van der Waals surface area contributed by atoms with E-state index in [9.17, 15) is 9.59 Å². The summed E-state index contributed by atoms with van der Waals surface area (Å²) in [6.45, 7) is 8.39. The van der Waals surface area contributed by atoms with Crippen LogP contribution in [0.2, 0.25) is 0 Å². The van der Waals surface area contributed by atoms with Gasteiger partial charge in [0, 0.05) is 18.3 Å². The van der Waals surface area contributed by atoms with Gasteiger partial charge >= 0.3 is 11.8 Å². The molecule has 0 fully saturated rings. The van der Waals surface area contributed by atoms with Gasteiger partial charge in [0.1, 0.15) is 0 Å². The number of amides is 2. The topological polar surface area (TPSA) is 76.7 Å². The molecule has 21 heavy (non-hydrogen) atoms. The molecule has 0 aliphatic heterocycles. The third-order valence-corrected chi connectivity index (χ3v) is 2.41. The first-order chi connectivity index (χ1) is 10.1. The van der Waals surface area contributed by atoms with Gasteiger partial charge in [-0.25, -0.2) is 0 Å². The quantitative estimate of drug-likeness (QED) is 0.592. The van der Waals surface area contributed by atoms with Crippen LogP contribution in [0.5, 0.6) is 11.5 Å². The lowest BCUT2D eigenvalue weighted by Crippen LogP contribution is -2.35. The predicted octanol–water partition coefficient (Wildman–Crippen LogP) is 1.72. The third-order valence-electron chi connectivity index (χ3n) is 2.41. The Bertz CT molecular complexity index is 514. The Kier molecular flexibility index (Phi) is 6.80. The molecule has 114 valence electrons. The Morgan fingerprint density at radius 3 is 2.43 bits per heavy atom. The van der Waals surface area contributed by atoms with Crippen molar-refractivity contribution in [3.8, 4) is 11.5 Å². The normalized spacial score (nSPS) is 9.62. The molecule has 0 atom stereocenters. The van der Waals surface area contributed by atoms with E-state index >= 15 is 0 Å². The van der Waals surface area contributed by atoms with Gasteiger partial charge in [-0.3, -0.25) is 9.59 Å². The molecular formula is C15H20N2O4. The summed E-state index contributed by atoms with van der Waals surface area (Å²) in [6, 6.07) is 4.95. The number of carbonyl (C=O) groups is 2. The van der Waals surface area contributed by atoms with Crippen LogP contribution in [-0.4, -0.2) is 31.6 Å². The molecule has 2 amide bonds. The lowest BCUT2D eigenvalue weighted by molar-refractivity contribution is -0.136. The van der Waals surface area contributed by atoms with Gasteiger partial charge in [0.25, 0.3) is 0 Å². The maximum atomic E-state index is 11.7. The lowest BCUT2D eigenvalue weighted by atomic mass is 10.2. The number of hydrogen-bond acceptors (Lipinski definition) is 4. The highest BCUT2D eigenvalue weighted by Gasteiger charge is 2.14. The fraction of sp³-hybridized carbons (Fsp3) is 0.333. The fourth-order valence-corrected chi connectivity index (χ4v) is 1.56. The van der Waals surface area contributed by atoms with Crippen LogP contribution in [0.3, 0.4) is 0 Å². The van der Waals surface area contributed by atoms with E-state index in [1.807, 2.05) is 13.8 Å². The molecule has 1 aromatic rings. The average molecular weight is 292 g/mol. The first-order valence-corrected chi connectivity index (χ1v) is 6.72. The number of benzene rings is 1. The molecule has 0 aliphatic carbocycles. The van der Waals surface area contributed by atoms with E-state index in [2.05, 4.69) is 17.2 Å². The molecule has 0 unspecified atom stereocenters. The minimum absolute atomic E-state index is 0.236. The number of nitrogens with one attached hydrogen (secondary N) is 2. The van der Waals surface area contributed by atoms with E-state index in [1.54, 1.807) is 18.2 Å². The van der Waals surface area contributed by atoms with Crippen molar-refractivity contribution >= 4 is 17.5 Å². The highest BCUT2D eigenvalue weighted by atomic mass is 16.5. The Morgan fingerprint density at radius 2 is 1.81 bits per heavy atom. The van der Waals surface area contributed by atoms with Crippen LogP contribution in [0.4, 0.5) is 5.69 Å². The van der Waals surface area contributed by atoms with Crippen LogP contribution in [-0.2, 0) is 9.59 Å². The second kappa shape index (κ2) is 8.63. The minimum atomic E-state index is -0.747. The van der Waals surface area contributed by atoms with Crippen LogP contribution < -0.4 is 20.1 Å². The van der Waals surface area contributed by atoms with E-state index in [0.29, 0.717) is 30.4 Å². The zero-order valence-corrected chi connectivity index (χ0v) is 12.3. The monoisotopic (exact) mass is 292 g/mol. The SMILES string of the molecule is C=CCNC(=O)C(=O)Nc1ccc(OCC)c(OCC)c1. The molecule has 0 saturated heterocycles. The molecule has 0 heterocycles. The second-order valence-electron chi connectivity index (χ2n) is 3.98. The Morgan fingerprint density at radius 1 is 1.14 bits per heavy atom. The second-order valence-corrected chi connectivity index (χ2v) is 3.98. The highest BCUT2D eigenvalue weighted by Crippen LogP contribution is 2.30. The zero-order valence-electron chi connectivity index (χ0n) is 12.3. The summed E-state index contributed by atoms with van der Waals surface area (Å²) < 4.78 is 10.9. The van der Waals surface area contributed by atoms with Crippen molar-refractivity contribution in [1.29, 1.82) is 0 Å². The van der Waals surface area contributed by atoms with Gasteiger partial charge in [-0.05, 0) is 26.0 Å². The fourth-order valence-electron chi connectivity index (χ4n) is 1.56. The molecule has 1 rings (SSSR count). The molecule has 0 radical (unpaired) electrons. The van der Waals surface area contributed by atoms with Gasteiger partial charge in [0.05, 0.1) is 13.2 Å². The Hall–Kier alpha value is -2.50. The van der Waals surface area contributed by atoms with E-state index in [1.165, 1.54) is 6.08 Å². The third kappa shape index (κ3) is 5.18. The van der Waals surface area contributed by atoms with Crippen LogP contribution in [0.25, 0.3) is 0 Å². The number of rotatable bonds is 7. The van der Waals surface area contributed by atoms with E-state index < -0.39 is 11.8 Å². The van der Waals surface area contributed by atoms with Gasteiger partial charge in [-0.15, -0.1) is 6.58 Å². The standard InChI is InChI=1S/C15H20N2O4/c1-4-9-16-14(18)15(19)17-11-7-8-12(20-5-2)13(10-11)21-6-3/h4,7-8,10H,1,5-6,9H2,2-3H3,(H,16,18)(H,17,19). The van der Waals surface area contributed by atoms with Crippen molar-refractivity contribution in [2.24, 2.45) is 0 Å². The smallest absolute Gasteiger partial charge is 0.313 e.